The molecule has 2 N–H and O–H groups in total. The summed E-state index contributed by atoms with van der Waals surface area (Å²) in [5.74, 6) is 0.230. The van der Waals surface area contributed by atoms with E-state index in [0.717, 1.165) is 29.5 Å². The van der Waals surface area contributed by atoms with E-state index in [9.17, 15) is 4.79 Å². The molecule has 1 aliphatic rings. The molecule has 10 heteroatoms. The molecule has 1 atom stereocenters. The highest BCUT2D eigenvalue weighted by atomic mass is 35.5. The smallest absolute Gasteiger partial charge is 0.230 e. The predicted molar refractivity (Wildman–Crippen MR) is 113 cm³/mol. The molecular formula is C18H21Cl2N3O3S2. The van der Waals surface area contributed by atoms with Crippen molar-refractivity contribution in [3.05, 3.63) is 44.9 Å². The van der Waals surface area contributed by atoms with Gasteiger partial charge < -0.3 is 15.2 Å². The SMILES string of the molecule is O=C(CSc1nc(CO)cs1)NCC1CN(Cc2ccc(Cl)c(Cl)c2)CCO1. The lowest BCUT2D eigenvalue weighted by Crippen LogP contribution is -2.47. The minimum Gasteiger partial charge on any atom is -0.390 e. The lowest BCUT2D eigenvalue weighted by atomic mass is 10.2. The van der Waals surface area contributed by atoms with Gasteiger partial charge in [-0.3, -0.25) is 9.69 Å². The van der Waals surface area contributed by atoms with E-state index in [-0.39, 0.29) is 24.4 Å². The van der Waals surface area contributed by atoms with E-state index in [1.54, 1.807) is 11.4 Å². The summed E-state index contributed by atoms with van der Waals surface area (Å²) < 4.78 is 6.55. The van der Waals surface area contributed by atoms with E-state index in [4.69, 9.17) is 33.0 Å². The molecule has 1 aliphatic heterocycles. The van der Waals surface area contributed by atoms with E-state index < -0.39 is 0 Å². The Hall–Kier alpha value is -0.870. The molecule has 1 fully saturated rings. The van der Waals surface area contributed by atoms with Gasteiger partial charge in [-0.15, -0.1) is 11.3 Å². The van der Waals surface area contributed by atoms with Gasteiger partial charge in [0.1, 0.15) is 0 Å². The molecule has 1 amide bonds. The van der Waals surface area contributed by atoms with Gasteiger partial charge in [0.15, 0.2) is 4.34 Å². The first-order valence-electron chi connectivity index (χ1n) is 8.76. The molecule has 2 aromatic rings. The molecule has 1 unspecified atom stereocenters. The van der Waals surface area contributed by atoms with Crippen LogP contribution >= 0.6 is 46.3 Å². The van der Waals surface area contributed by atoms with Gasteiger partial charge in [-0.25, -0.2) is 4.98 Å². The summed E-state index contributed by atoms with van der Waals surface area (Å²) in [7, 11) is 0. The molecule has 2 heterocycles. The van der Waals surface area contributed by atoms with Gasteiger partial charge in [-0.1, -0.05) is 41.0 Å². The number of carbonyl (C=O) groups is 1. The van der Waals surface area contributed by atoms with Gasteiger partial charge in [0.05, 0.1) is 40.8 Å². The van der Waals surface area contributed by atoms with E-state index >= 15 is 0 Å². The van der Waals surface area contributed by atoms with Crippen LogP contribution in [0.3, 0.4) is 0 Å². The van der Waals surface area contributed by atoms with Crippen molar-refractivity contribution in [1.82, 2.24) is 15.2 Å². The number of nitrogens with one attached hydrogen (secondary N) is 1. The van der Waals surface area contributed by atoms with Crippen molar-refractivity contribution >= 4 is 52.2 Å². The predicted octanol–water partition coefficient (Wildman–Crippen LogP) is 3.05. The molecule has 152 valence electrons. The first-order valence-corrected chi connectivity index (χ1v) is 11.4. The summed E-state index contributed by atoms with van der Waals surface area (Å²) in [5, 5.41) is 14.8. The molecule has 0 radical (unpaired) electrons. The molecule has 0 saturated carbocycles. The third-order valence-corrected chi connectivity index (χ3v) is 6.97. The molecule has 6 nitrogen and oxygen atoms in total. The van der Waals surface area contributed by atoms with Gasteiger partial charge in [-0.05, 0) is 17.7 Å². The number of nitrogens with zero attached hydrogens (tertiary/aromatic N) is 2. The van der Waals surface area contributed by atoms with Crippen LogP contribution in [0.1, 0.15) is 11.3 Å². The lowest BCUT2D eigenvalue weighted by molar-refractivity contribution is -0.119. The summed E-state index contributed by atoms with van der Waals surface area (Å²) in [4.78, 5) is 18.6. The van der Waals surface area contributed by atoms with Gasteiger partial charge in [-0.2, -0.15) is 0 Å². The number of amides is 1. The topological polar surface area (TPSA) is 74.7 Å². The normalized spacial score (nSPS) is 17.6. The first kappa shape index (κ1) is 21.8. The van der Waals surface area contributed by atoms with Gasteiger partial charge >= 0.3 is 0 Å². The average molecular weight is 462 g/mol. The fourth-order valence-corrected chi connectivity index (χ4v) is 4.76. The number of aliphatic hydroxyl groups is 1. The molecule has 3 rings (SSSR count). The second kappa shape index (κ2) is 10.8. The van der Waals surface area contributed by atoms with Crippen LogP contribution in [0.25, 0.3) is 0 Å². The number of thiazole rings is 1. The zero-order valence-corrected chi connectivity index (χ0v) is 18.2. The molecule has 1 aromatic heterocycles. The lowest BCUT2D eigenvalue weighted by Gasteiger charge is -2.33. The number of hydrogen-bond donors (Lipinski definition) is 2. The van der Waals surface area contributed by atoms with Crippen LogP contribution in [0, 0.1) is 0 Å². The fraction of sp³-hybridized carbons (Fsp3) is 0.444. The van der Waals surface area contributed by atoms with Crippen molar-refractivity contribution in [1.29, 1.82) is 0 Å². The Morgan fingerprint density at radius 3 is 3.04 bits per heavy atom. The standard InChI is InChI=1S/C18H21Cl2N3O3S2/c19-15-2-1-12(5-16(15)20)7-23-3-4-26-14(8-23)6-21-17(25)11-28-18-22-13(9-24)10-27-18/h1-2,5,10,14,24H,3-4,6-9,11H2,(H,21,25). The minimum atomic E-state index is -0.0823. The number of hydrogen-bond acceptors (Lipinski definition) is 7. The van der Waals surface area contributed by atoms with Crippen molar-refractivity contribution in [2.75, 3.05) is 32.0 Å². The summed E-state index contributed by atoms with van der Waals surface area (Å²) in [5.41, 5.74) is 1.73. The number of morpholine rings is 1. The Labute approximate surface area is 182 Å². The summed E-state index contributed by atoms with van der Waals surface area (Å²) in [6, 6.07) is 5.66. The summed E-state index contributed by atoms with van der Waals surface area (Å²) in [6.07, 6.45) is -0.0497. The van der Waals surface area contributed by atoms with E-state index in [2.05, 4.69) is 15.2 Å². The number of aromatic nitrogens is 1. The maximum absolute atomic E-state index is 12.1. The zero-order chi connectivity index (χ0) is 19.9. The number of ether oxygens (including phenoxy) is 1. The van der Waals surface area contributed by atoms with Crippen LogP contribution < -0.4 is 5.32 Å². The monoisotopic (exact) mass is 461 g/mol. The van der Waals surface area contributed by atoms with Crippen LogP contribution in [0.15, 0.2) is 27.9 Å². The van der Waals surface area contributed by atoms with Crippen LogP contribution in [-0.4, -0.2) is 59.0 Å². The van der Waals surface area contributed by atoms with Gasteiger partial charge in [0, 0.05) is 31.6 Å². The van der Waals surface area contributed by atoms with Crippen molar-refractivity contribution in [2.45, 2.75) is 23.6 Å². The maximum atomic E-state index is 12.1. The van der Waals surface area contributed by atoms with Crippen LogP contribution in [0.2, 0.25) is 10.0 Å². The van der Waals surface area contributed by atoms with Crippen LogP contribution in [0.5, 0.6) is 0 Å². The Balaban J connectivity index is 1.40. The van der Waals surface area contributed by atoms with E-state index in [0.29, 0.717) is 28.9 Å². The number of thioether (sulfide) groups is 1. The molecular weight excluding hydrogens is 441 g/mol. The molecule has 0 bridgehead atoms. The van der Waals surface area contributed by atoms with Crippen LogP contribution in [-0.2, 0) is 22.7 Å². The number of carbonyl (C=O) groups excluding carboxylic acids is 1. The van der Waals surface area contributed by atoms with Crippen molar-refractivity contribution in [2.24, 2.45) is 0 Å². The zero-order valence-electron chi connectivity index (χ0n) is 15.1. The highest BCUT2D eigenvalue weighted by Gasteiger charge is 2.21. The molecule has 1 aromatic carbocycles. The van der Waals surface area contributed by atoms with Gasteiger partial charge in [0.25, 0.3) is 0 Å². The fourth-order valence-electron chi connectivity index (χ4n) is 2.78. The summed E-state index contributed by atoms with van der Waals surface area (Å²) in [6.45, 7) is 3.34. The highest BCUT2D eigenvalue weighted by molar-refractivity contribution is 8.01. The minimum absolute atomic E-state index is 0.0497. The molecule has 0 aliphatic carbocycles. The average Bonchev–Trinajstić information content (AvgIpc) is 3.16. The Morgan fingerprint density at radius 2 is 2.29 bits per heavy atom. The molecule has 28 heavy (non-hydrogen) atoms. The third-order valence-electron chi connectivity index (χ3n) is 4.16. The largest absolute Gasteiger partial charge is 0.390 e. The second-order valence-electron chi connectivity index (χ2n) is 6.33. The van der Waals surface area contributed by atoms with Crippen molar-refractivity contribution in [3.63, 3.8) is 0 Å². The second-order valence-corrected chi connectivity index (χ2v) is 9.23. The Kier molecular flexibility index (Phi) is 8.40. The number of aliphatic hydroxyl groups excluding tert-OH is 1. The number of rotatable bonds is 8. The number of benzene rings is 1. The third kappa shape index (κ3) is 6.59. The summed E-state index contributed by atoms with van der Waals surface area (Å²) >= 11 is 14.9. The first-order chi connectivity index (χ1) is 13.5. The van der Waals surface area contributed by atoms with E-state index in [1.165, 1.54) is 23.1 Å². The molecule has 0 spiro atoms. The number of halogens is 2. The quantitative estimate of drug-likeness (QED) is 0.588. The van der Waals surface area contributed by atoms with Crippen LogP contribution in [0.4, 0.5) is 0 Å². The Bertz CT molecular complexity index is 806. The highest BCUT2D eigenvalue weighted by Crippen LogP contribution is 2.24. The van der Waals surface area contributed by atoms with Crippen molar-refractivity contribution < 1.29 is 14.6 Å². The van der Waals surface area contributed by atoms with E-state index in [1.807, 2.05) is 12.1 Å². The Morgan fingerprint density at radius 1 is 1.43 bits per heavy atom. The van der Waals surface area contributed by atoms with Gasteiger partial charge in [0.2, 0.25) is 5.91 Å². The maximum Gasteiger partial charge on any atom is 0.230 e. The van der Waals surface area contributed by atoms with Crippen molar-refractivity contribution in [3.8, 4) is 0 Å². The molecule has 1 saturated heterocycles.